The first-order valence-electron chi connectivity index (χ1n) is 7.81. The molecule has 5 nitrogen and oxygen atoms in total. The van der Waals surface area contributed by atoms with E-state index in [0.29, 0.717) is 18.4 Å². The van der Waals surface area contributed by atoms with Crippen LogP contribution in [0.5, 0.6) is 0 Å². The summed E-state index contributed by atoms with van der Waals surface area (Å²) in [7, 11) is 0. The highest BCUT2D eigenvalue weighted by molar-refractivity contribution is 5.82. The Bertz CT molecular complexity index is 364. The van der Waals surface area contributed by atoms with Crippen LogP contribution in [0, 0.1) is 11.8 Å². The molecule has 114 valence electrons. The molecule has 1 saturated heterocycles. The molecule has 0 radical (unpaired) electrons. The van der Waals surface area contributed by atoms with Crippen LogP contribution in [0.1, 0.15) is 33.6 Å². The highest BCUT2D eigenvalue weighted by Crippen LogP contribution is 2.39. The van der Waals surface area contributed by atoms with Crippen molar-refractivity contribution in [1.29, 1.82) is 0 Å². The van der Waals surface area contributed by atoms with Crippen LogP contribution in [0.3, 0.4) is 0 Å². The molecule has 5 heteroatoms. The second-order valence-corrected chi connectivity index (χ2v) is 6.30. The molecule has 2 fully saturated rings. The molecule has 2 amide bonds. The van der Waals surface area contributed by atoms with Crippen molar-refractivity contribution in [3.05, 3.63) is 0 Å². The van der Waals surface area contributed by atoms with Crippen molar-refractivity contribution in [1.82, 2.24) is 15.1 Å². The van der Waals surface area contributed by atoms with Crippen LogP contribution in [-0.2, 0) is 9.59 Å². The molecule has 1 aliphatic carbocycles. The molecule has 1 heterocycles. The standard InChI is InChI=1S/C15H27N3O2/c1-4-12(3)16-14(19)10-17-5-7-18(8-6-17)15(20)13-9-11(13)2/h11-13H,4-10H2,1-3H3,(H,16,19). The van der Waals surface area contributed by atoms with Crippen molar-refractivity contribution in [2.75, 3.05) is 32.7 Å². The number of nitrogens with zero attached hydrogens (tertiary/aromatic N) is 2. The van der Waals surface area contributed by atoms with Crippen LogP contribution in [0.4, 0.5) is 0 Å². The van der Waals surface area contributed by atoms with E-state index in [1.807, 2.05) is 11.8 Å². The zero-order chi connectivity index (χ0) is 14.7. The molecule has 0 spiro atoms. The Hall–Kier alpha value is -1.10. The summed E-state index contributed by atoms with van der Waals surface area (Å²) < 4.78 is 0. The summed E-state index contributed by atoms with van der Waals surface area (Å²) in [6.07, 6.45) is 2.00. The van der Waals surface area contributed by atoms with Gasteiger partial charge in [-0.2, -0.15) is 0 Å². The van der Waals surface area contributed by atoms with Gasteiger partial charge >= 0.3 is 0 Å². The molecule has 0 aromatic carbocycles. The SMILES string of the molecule is CCC(C)NC(=O)CN1CCN(C(=O)C2CC2C)CC1. The Kier molecular flexibility index (Phi) is 5.02. The van der Waals surface area contributed by atoms with Crippen LogP contribution in [0.2, 0.25) is 0 Å². The summed E-state index contributed by atoms with van der Waals surface area (Å²) in [5.41, 5.74) is 0. The fourth-order valence-corrected chi connectivity index (χ4v) is 2.65. The fourth-order valence-electron chi connectivity index (χ4n) is 2.65. The van der Waals surface area contributed by atoms with Gasteiger partial charge in [0.1, 0.15) is 0 Å². The lowest BCUT2D eigenvalue weighted by molar-refractivity contribution is -0.134. The second kappa shape index (κ2) is 6.57. The highest BCUT2D eigenvalue weighted by atomic mass is 16.2. The zero-order valence-electron chi connectivity index (χ0n) is 12.9. The molecule has 2 aliphatic rings. The number of hydrogen-bond acceptors (Lipinski definition) is 3. The van der Waals surface area contributed by atoms with Gasteiger partial charge in [0.2, 0.25) is 11.8 Å². The van der Waals surface area contributed by atoms with E-state index in [2.05, 4.69) is 24.1 Å². The van der Waals surface area contributed by atoms with E-state index in [9.17, 15) is 9.59 Å². The molecule has 0 aromatic rings. The van der Waals surface area contributed by atoms with Crippen molar-refractivity contribution in [3.63, 3.8) is 0 Å². The van der Waals surface area contributed by atoms with Gasteiger partial charge in [-0.05, 0) is 25.7 Å². The summed E-state index contributed by atoms with van der Waals surface area (Å²) in [5.74, 6) is 1.26. The highest BCUT2D eigenvalue weighted by Gasteiger charge is 2.41. The van der Waals surface area contributed by atoms with Crippen molar-refractivity contribution in [2.45, 2.75) is 39.7 Å². The predicted octanol–water partition coefficient (Wildman–Crippen LogP) is 0.701. The van der Waals surface area contributed by atoms with Crippen LogP contribution < -0.4 is 5.32 Å². The van der Waals surface area contributed by atoms with Crippen LogP contribution >= 0.6 is 0 Å². The van der Waals surface area contributed by atoms with E-state index in [1.54, 1.807) is 0 Å². The molecule has 3 atom stereocenters. The third kappa shape index (κ3) is 3.95. The normalized spacial score (nSPS) is 28.1. The van der Waals surface area contributed by atoms with E-state index in [0.717, 1.165) is 39.0 Å². The van der Waals surface area contributed by atoms with Gasteiger partial charge in [0.05, 0.1) is 6.54 Å². The number of piperazine rings is 1. The predicted molar refractivity (Wildman–Crippen MR) is 78.2 cm³/mol. The molecule has 1 saturated carbocycles. The smallest absolute Gasteiger partial charge is 0.234 e. The summed E-state index contributed by atoms with van der Waals surface area (Å²) in [6.45, 7) is 9.81. The third-order valence-electron chi connectivity index (χ3n) is 4.50. The summed E-state index contributed by atoms with van der Waals surface area (Å²) in [5, 5.41) is 2.98. The maximum absolute atomic E-state index is 12.1. The topological polar surface area (TPSA) is 52.7 Å². The first-order valence-corrected chi connectivity index (χ1v) is 7.81. The Morgan fingerprint density at radius 3 is 2.35 bits per heavy atom. The van der Waals surface area contributed by atoms with Gasteiger partial charge in [-0.15, -0.1) is 0 Å². The van der Waals surface area contributed by atoms with E-state index in [-0.39, 0.29) is 17.9 Å². The number of carbonyl (C=O) groups excluding carboxylic acids is 2. The third-order valence-corrected chi connectivity index (χ3v) is 4.50. The largest absolute Gasteiger partial charge is 0.353 e. The molecule has 1 N–H and O–H groups in total. The average molecular weight is 281 g/mol. The van der Waals surface area contributed by atoms with E-state index in [1.165, 1.54) is 0 Å². The van der Waals surface area contributed by atoms with E-state index in [4.69, 9.17) is 0 Å². The van der Waals surface area contributed by atoms with Crippen LogP contribution in [0.25, 0.3) is 0 Å². The first-order chi connectivity index (χ1) is 9.51. The first kappa shape index (κ1) is 15.3. The van der Waals surface area contributed by atoms with Gasteiger partial charge in [0.25, 0.3) is 0 Å². The molecular weight excluding hydrogens is 254 g/mol. The Labute approximate surface area is 121 Å². The van der Waals surface area contributed by atoms with Gasteiger partial charge in [0.15, 0.2) is 0 Å². The Balaban J connectivity index is 1.69. The van der Waals surface area contributed by atoms with Gasteiger partial charge in [-0.1, -0.05) is 13.8 Å². The summed E-state index contributed by atoms with van der Waals surface area (Å²) in [4.78, 5) is 28.0. The average Bonchev–Trinajstić information content (AvgIpc) is 3.15. The molecular formula is C15H27N3O2. The van der Waals surface area contributed by atoms with Crippen LogP contribution in [0.15, 0.2) is 0 Å². The zero-order valence-corrected chi connectivity index (χ0v) is 12.9. The summed E-state index contributed by atoms with van der Waals surface area (Å²) >= 11 is 0. The van der Waals surface area contributed by atoms with E-state index < -0.39 is 0 Å². The number of hydrogen-bond donors (Lipinski definition) is 1. The van der Waals surface area contributed by atoms with Gasteiger partial charge < -0.3 is 10.2 Å². The summed E-state index contributed by atoms with van der Waals surface area (Å²) in [6, 6.07) is 0.238. The maximum atomic E-state index is 12.1. The van der Waals surface area contributed by atoms with Crippen molar-refractivity contribution in [2.24, 2.45) is 11.8 Å². The molecule has 1 aliphatic heterocycles. The minimum absolute atomic E-state index is 0.0925. The van der Waals surface area contributed by atoms with Crippen molar-refractivity contribution in [3.8, 4) is 0 Å². The van der Waals surface area contributed by atoms with Gasteiger partial charge in [0, 0.05) is 38.1 Å². The fraction of sp³-hybridized carbons (Fsp3) is 0.867. The van der Waals surface area contributed by atoms with Crippen LogP contribution in [-0.4, -0.2) is 60.4 Å². The molecule has 0 bridgehead atoms. The van der Waals surface area contributed by atoms with E-state index >= 15 is 0 Å². The lowest BCUT2D eigenvalue weighted by atomic mass is 10.2. The number of rotatable bonds is 5. The lowest BCUT2D eigenvalue weighted by Gasteiger charge is -2.34. The molecule has 0 aromatic heterocycles. The van der Waals surface area contributed by atoms with Crippen molar-refractivity contribution >= 4 is 11.8 Å². The minimum Gasteiger partial charge on any atom is -0.353 e. The Morgan fingerprint density at radius 2 is 1.85 bits per heavy atom. The monoisotopic (exact) mass is 281 g/mol. The molecule has 2 rings (SSSR count). The molecule has 20 heavy (non-hydrogen) atoms. The quantitative estimate of drug-likeness (QED) is 0.807. The lowest BCUT2D eigenvalue weighted by Crippen LogP contribution is -2.52. The van der Waals surface area contributed by atoms with Gasteiger partial charge in [-0.25, -0.2) is 0 Å². The maximum Gasteiger partial charge on any atom is 0.234 e. The second-order valence-electron chi connectivity index (χ2n) is 6.30. The number of nitrogens with one attached hydrogen (secondary N) is 1. The van der Waals surface area contributed by atoms with Crippen molar-refractivity contribution < 1.29 is 9.59 Å². The number of amides is 2. The minimum atomic E-state index is 0.0925. The number of carbonyl (C=O) groups is 2. The van der Waals surface area contributed by atoms with Gasteiger partial charge in [-0.3, -0.25) is 14.5 Å². The Morgan fingerprint density at radius 1 is 1.25 bits per heavy atom. The molecule has 3 unspecified atom stereocenters.